The molecule has 0 saturated heterocycles. The van der Waals surface area contributed by atoms with Crippen LogP contribution in [0.1, 0.15) is 42.1 Å². The summed E-state index contributed by atoms with van der Waals surface area (Å²) in [4.78, 5) is 15.0. The number of aromatic nitrogens is 2. The SMILES string of the molecule is CN(Cc1cccc(C(F)(F)F)c1)C(=O)[C@H]1CCC2=Cc3c(cnn3-c3ccc(F)cc3)C[C@@]21C. The molecule has 0 bridgehead atoms. The highest BCUT2D eigenvalue weighted by atomic mass is 19.4. The van der Waals surface area contributed by atoms with Gasteiger partial charge < -0.3 is 4.90 Å². The van der Waals surface area contributed by atoms with Crippen molar-refractivity contribution in [3.05, 3.63) is 88.5 Å². The van der Waals surface area contributed by atoms with Crippen molar-refractivity contribution < 1.29 is 22.4 Å². The lowest BCUT2D eigenvalue weighted by molar-refractivity contribution is -0.137. The molecular formula is C27H25F4N3O. The van der Waals surface area contributed by atoms with Crippen LogP contribution in [0.4, 0.5) is 17.6 Å². The van der Waals surface area contributed by atoms with Crippen molar-refractivity contribution in [1.82, 2.24) is 14.7 Å². The minimum Gasteiger partial charge on any atom is -0.341 e. The highest BCUT2D eigenvalue weighted by molar-refractivity contribution is 5.82. The van der Waals surface area contributed by atoms with E-state index in [0.717, 1.165) is 35.5 Å². The van der Waals surface area contributed by atoms with E-state index in [9.17, 15) is 22.4 Å². The van der Waals surface area contributed by atoms with Crippen LogP contribution in [-0.4, -0.2) is 27.6 Å². The summed E-state index contributed by atoms with van der Waals surface area (Å²) in [5, 5.41) is 4.51. The van der Waals surface area contributed by atoms with Gasteiger partial charge in [-0.15, -0.1) is 0 Å². The van der Waals surface area contributed by atoms with Gasteiger partial charge in [0.15, 0.2) is 0 Å². The quantitative estimate of drug-likeness (QED) is 0.424. The zero-order valence-electron chi connectivity index (χ0n) is 19.4. The average Bonchev–Trinajstić information content (AvgIpc) is 3.36. The molecule has 2 aliphatic rings. The maximum absolute atomic E-state index is 13.5. The average molecular weight is 484 g/mol. The van der Waals surface area contributed by atoms with E-state index < -0.39 is 11.7 Å². The first kappa shape index (κ1) is 23.3. The molecule has 35 heavy (non-hydrogen) atoms. The molecule has 0 spiro atoms. The lowest BCUT2D eigenvalue weighted by Gasteiger charge is -2.36. The Labute approximate surface area is 200 Å². The first-order valence-electron chi connectivity index (χ1n) is 11.5. The number of benzene rings is 2. The molecule has 1 heterocycles. The molecule has 1 aromatic heterocycles. The lowest BCUT2D eigenvalue weighted by Crippen LogP contribution is -2.40. The fourth-order valence-electron chi connectivity index (χ4n) is 5.49. The van der Waals surface area contributed by atoms with Crippen molar-refractivity contribution in [3.63, 3.8) is 0 Å². The summed E-state index contributed by atoms with van der Waals surface area (Å²) >= 11 is 0. The van der Waals surface area contributed by atoms with Crippen molar-refractivity contribution in [3.8, 4) is 5.69 Å². The van der Waals surface area contributed by atoms with Crippen LogP contribution >= 0.6 is 0 Å². The van der Waals surface area contributed by atoms with Crippen molar-refractivity contribution >= 4 is 12.0 Å². The molecule has 1 fully saturated rings. The van der Waals surface area contributed by atoms with Gasteiger partial charge in [-0.05, 0) is 72.9 Å². The highest BCUT2D eigenvalue weighted by Gasteiger charge is 2.49. The van der Waals surface area contributed by atoms with Gasteiger partial charge in [-0.3, -0.25) is 4.79 Å². The highest BCUT2D eigenvalue weighted by Crippen LogP contribution is 2.53. The first-order valence-corrected chi connectivity index (χ1v) is 11.5. The number of amides is 1. The predicted octanol–water partition coefficient (Wildman–Crippen LogP) is 6.04. The van der Waals surface area contributed by atoms with Crippen LogP contribution in [0, 0.1) is 17.2 Å². The number of hydrogen-bond donors (Lipinski definition) is 0. The third-order valence-electron chi connectivity index (χ3n) is 7.38. The monoisotopic (exact) mass is 483 g/mol. The molecule has 0 radical (unpaired) electrons. The van der Waals surface area contributed by atoms with Gasteiger partial charge in [0.1, 0.15) is 5.82 Å². The molecule has 3 aromatic rings. The van der Waals surface area contributed by atoms with Crippen molar-refractivity contribution in [2.75, 3.05) is 7.05 Å². The van der Waals surface area contributed by atoms with Crippen LogP contribution < -0.4 is 0 Å². The van der Waals surface area contributed by atoms with E-state index in [1.807, 2.05) is 0 Å². The summed E-state index contributed by atoms with van der Waals surface area (Å²) in [5.41, 5.74) is 3.23. The fourth-order valence-corrected chi connectivity index (χ4v) is 5.49. The lowest BCUT2D eigenvalue weighted by atomic mass is 9.69. The number of carbonyl (C=O) groups is 1. The number of carbonyl (C=O) groups excluding carboxylic acids is 1. The van der Waals surface area contributed by atoms with Crippen LogP contribution in [0.15, 0.2) is 60.3 Å². The molecule has 182 valence electrons. The Morgan fingerprint density at radius 1 is 1.20 bits per heavy atom. The second kappa shape index (κ2) is 8.36. The Balaban J connectivity index is 1.37. The summed E-state index contributed by atoms with van der Waals surface area (Å²) in [6.07, 6.45) is 1.55. The number of fused-ring (bicyclic) bond motifs is 2. The van der Waals surface area contributed by atoms with Gasteiger partial charge in [0.25, 0.3) is 0 Å². The Kier molecular flexibility index (Phi) is 5.57. The summed E-state index contributed by atoms with van der Waals surface area (Å²) < 4.78 is 54.4. The van der Waals surface area contributed by atoms with Crippen molar-refractivity contribution in [1.29, 1.82) is 0 Å². The van der Waals surface area contributed by atoms with Crippen molar-refractivity contribution in [2.45, 2.75) is 38.9 Å². The normalized spacial score (nSPS) is 21.3. The Bertz CT molecular complexity index is 1310. The van der Waals surface area contributed by atoms with Crippen LogP contribution in [0.5, 0.6) is 0 Å². The predicted molar refractivity (Wildman–Crippen MR) is 124 cm³/mol. The Morgan fingerprint density at radius 3 is 2.66 bits per heavy atom. The number of nitrogens with zero attached hydrogens (tertiary/aromatic N) is 3. The molecule has 1 amide bonds. The maximum atomic E-state index is 13.5. The number of allylic oxidation sites excluding steroid dienone is 1. The van der Waals surface area contributed by atoms with E-state index >= 15 is 0 Å². The molecule has 5 rings (SSSR count). The third kappa shape index (κ3) is 4.15. The summed E-state index contributed by atoms with van der Waals surface area (Å²) in [7, 11) is 1.65. The van der Waals surface area contributed by atoms with Gasteiger partial charge >= 0.3 is 6.18 Å². The van der Waals surface area contributed by atoms with Gasteiger partial charge in [0.05, 0.1) is 23.1 Å². The van der Waals surface area contributed by atoms with Gasteiger partial charge in [0.2, 0.25) is 5.91 Å². The van der Waals surface area contributed by atoms with Crippen LogP contribution in [0.2, 0.25) is 0 Å². The molecule has 0 N–H and O–H groups in total. The minimum absolute atomic E-state index is 0.0670. The number of hydrogen-bond acceptors (Lipinski definition) is 2. The second-order valence-electron chi connectivity index (χ2n) is 9.69. The fraction of sp³-hybridized carbons (Fsp3) is 0.333. The van der Waals surface area contributed by atoms with E-state index in [4.69, 9.17) is 0 Å². The van der Waals surface area contributed by atoms with Crippen LogP contribution in [-0.2, 0) is 23.9 Å². The maximum Gasteiger partial charge on any atom is 0.416 e. The first-order chi connectivity index (χ1) is 16.6. The second-order valence-corrected chi connectivity index (χ2v) is 9.69. The molecule has 2 aromatic carbocycles. The van der Waals surface area contributed by atoms with Crippen LogP contribution in [0.3, 0.4) is 0 Å². The Hall–Kier alpha value is -3.42. The molecule has 1 saturated carbocycles. The molecule has 2 atom stereocenters. The van der Waals surface area contributed by atoms with Gasteiger partial charge in [-0.25, -0.2) is 9.07 Å². The summed E-state index contributed by atoms with van der Waals surface area (Å²) in [5.74, 6) is -0.651. The zero-order chi connectivity index (χ0) is 25.0. The molecule has 8 heteroatoms. The smallest absolute Gasteiger partial charge is 0.341 e. The molecule has 0 unspecified atom stereocenters. The number of rotatable bonds is 4. The summed E-state index contributed by atoms with van der Waals surface area (Å²) in [6.45, 7) is 2.20. The largest absolute Gasteiger partial charge is 0.416 e. The molecule has 2 aliphatic carbocycles. The van der Waals surface area contributed by atoms with E-state index in [1.54, 1.807) is 36.1 Å². The number of alkyl halides is 3. The standard InChI is InChI=1S/C27H25F4N3O/c1-26-14-18-15-32-34(22-9-7-21(28)8-10-22)24(18)13-19(26)6-11-23(26)25(35)33(2)16-17-4-3-5-20(12-17)27(29,30)31/h3-5,7-10,12-13,15,23H,6,11,14,16H2,1-2H3/t23-,26+/m1/s1. The molecular weight excluding hydrogens is 458 g/mol. The van der Waals surface area contributed by atoms with Crippen molar-refractivity contribution in [2.24, 2.45) is 11.3 Å². The summed E-state index contributed by atoms with van der Waals surface area (Å²) in [6, 6.07) is 11.3. The van der Waals surface area contributed by atoms with Gasteiger partial charge in [0, 0.05) is 24.9 Å². The number of halogens is 4. The zero-order valence-corrected chi connectivity index (χ0v) is 19.4. The van der Waals surface area contributed by atoms with Gasteiger partial charge in [-0.1, -0.05) is 24.6 Å². The minimum atomic E-state index is -4.42. The topological polar surface area (TPSA) is 38.1 Å². The molecule has 4 nitrogen and oxygen atoms in total. The third-order valence-corrected chi connectivity index (χ3v) is 7.38. The van der Waals surface area contributed by atoms with Gasteiger partial charge in [-0.2, -0.15) is 18.3 Å². The van der Waals surface area contributed by atoms with E-state index in [1.165, 1.54) is 28.7 Å². The van der Waals surface area contributed by atoms with E-state index in [0.29, 0.717) is 18.4 Å². The van der Waals surface area contributed by atoms with E-state index in [2.05, 4.69) is 18.1 Å². The Morgan fingerprint density at radius 2 is 1.94 bits per heavy atom. The van der Waals surface area contributed by atoms with E-state index in [-0.39, 0.29) is 29.6 Å². The van der Waals surface area contributed by atoms with Crippen LogP contribution in [0.25, 0.3) is 11.8 Å². The molecule has 0 aliphatic heterocycles.